The summed E-state index contributed by atoms with van der Waals surface area (Å²) in [6.07, 6.45) is -0.0140. The fourth-order valence-electron chi connectivity index (χ4n) is 5.23. The van der Waals surface area contributed by atoms with E-state index in [1.54, 1.807) is 61.2 Å². The maximum Gasteiger partial charge on any atom is 0.421 e. The van der Waals surface area contributed by atoms with Crippen LogP contribution in [0.3, 0.4) is 0 Å². The van der Waals surface area contributed by atoms with Gasteiger partial charge in [0.1, 0.15) is 11.4 Å². The van der Waals surface area contributed by atoms with Crippen molar-refractivity contribution in [3.05, 3.63) is 77.2 Å². The van der Waals surface area contributed by atoms with Crippen LogP contribution in [0.25, 0.3) is 11.1 Å². The highest BCUT2D eigenvalue weighted by atomic mass is 31.2. The molecular weight excluding hydrogens is 598 g/mol. The van der Waals surface area contributed by atoms with E-state index in [4.69, 9.17) is 9.05 Å². The predicted octanol–water partition coefficient (Wildman–Crippen LogP) is 6.58. The molecule has 4 aromatic rings. The van der Waals surface area contributed by atoms with Crippen LogP contribution in [0.15, 0.2) is 55.0 Å². The largest absolute Gasteiger partial charge is 0.421 e. The molecule has 44 heavy (non-hydrogen) atoms. The quantitative estimate of drug-likeness (QED) is 0.237. The summed E-state index contributed by atoms with van der Waals surface area (Å²) in [5, 5.41) is 10.1. The topological polar surface area (TPSA) is 124 Å². The van der Waals surface area contributed by atoms with Crippen molar-refractivity contribution in [2.45, 2.75) is 38.8 Å². The van der Waals surface area contributed by atoms with Crippen LogP contribution in [0.5, 0.6) is 0 Å². The molecule has 0 saturated carbocycles. The van der Waals surface area contributed by atoms with E-state index >= 15 is 0 Å². The summed E-state index contributed by atoms with van der Waals surface area (Å²) in [7, 11) is -1.82. The number of halogens is 3. The minimum Gasteiger partial charge on any atom is -0.339 e. The first-order valence-corrected chi connectivity index (χ1v) is 15.7. The summed E-state index contributed by atoms with van der Waals surface area (Å²) in [6, 6.07) is 10.1. The molecule has 4 aliphatic rings. The maximum atomic E-state index is 14.0. The Morgan fingerprint density at radius 3 is 2.66 bits per heavy atom. The number of aryl methyl sites for hydroxylation is 1. The lowest BCUT2D eigenvalue weighted by molar-refractivity contribution is -0.137. The van der Waals surface area contributed by atoms with Gasteiger partial charge in [-0.1, -0.05) is 18.2 Å². The van der Waals surface area contributed by atoms with Crippen molar-refractivity contribution in [2.24, 2.45) is 0 Å². The van der Waals surface area contributed by atoms with Crippen molar-refractivity contribution >= 4 is 36.6 Å². The number of hydrogen-bond donors (Lipinski definition) is 2. The maximum absolute atomic E-state index is 14.0. The van der Waals surface area contributed by atoms with Gasteiger partial charge in [-0.05, 0) is 48.2 Å². The van der Waals surface area contributed by atoms with E-state index in [1.807, 2.05) is 6.20 Å². The number of carbonyl (C=O) groups excluding carboxylic acids is 1. The van der Waals surface area contributed by atoms with Crippen LogP contribution in [-0.4, -0.2) is 50.8 Å². The Kier molecular flexibility index (Phi) is 7.91. The van der Waals surface area contributed by atoms with Gasteiger partial charge in [-0.3, -0.25) is 14.0 Å². The van der Waals surface area contributed by atoms with Crippen molar-refractivity contribution in [1.29, 1.82) is 0 Å². The molecule has 230 valence electrons. The number of nitrogens with zero attached hydrogens (tertiary/aromatic N) is 5. The van der Waals surface area contributed by atoms with E-state index in [1.165, 1.54) is 4.90 Å². The minimum atomic E-state index is -4.76. The molecule has 0 saturated heterocycles. The number of alkyl halides is 3. The van der Waals surface area contributed by atoms with E-state index in [9.17, 15) is 22.5 Å². The summed E-state index contributed by atoms with van der Waals surface area (Å²) >= 11 is 0. The van der Waals surface area contributed by atoms with Gasteiger partial charge in [-0.2, -0.15) is 23.3 Å². The smallest absolute Gasteiger partial charge is 0.339 e. The third-order valence-corrected chi connectivity index (χ3v) is 9.27. The van der Waals surface area contributed by atoms with Gasteiger partial charge in [0.25, 0.3) is 5.91 Å². The van der Waals surface area contributed by atoms with Crippen molar-refractivity contribution in [2.75, 3.05) is 30.9 Å². The number of hydrogen-bond acceptors (Lipinski definition) is 9. The zero-order valence-corrected chi connectivity index (χ0v) is 24.8. The summed E-state index contributed by atoms with van der Waals surface area (Å²) < 4.78 is 68.6. The first kappa shape index (κ1) is 29.8. The standard InChI is InChI=1S/C29H29F3N7O4P/c1-3-42-44(41)17-18-5-7-20(8-6-18)35-28-33-14-23(29(30,31)32)26(37-28)36-24-10-9-21(22-16-38(2)27(40)25(22)24)19-13-34-39(15-19)11-4-12-43-44/h5-10,13-15H,3-4,11-12,16-17H2,1-2H3,(H2,33,35,36,37)/t44-/m1/s1. The third-order valence-electron chi connectivity index (χ3n) is 7.29. The molecule has 2 N–H and O–H groups in total. The van der Waals surface area contributed by atoms with E-state index in [-0.39, 0.29) is 49.0 Å². The average Bonchev–Trinajstić information content (AvgIpc) is 3.56. The van der Waals surface area contributed by atoms with E-state index in [0.29, 0.717) is 36.0 Å². The average molecular weight is 628 g/mol. The van der Waals surface area contributed by atoms with Crippen LogP contribution in [0.4, 0.5) is 36.3 Å². The van der Waals surface area contributed by atoms with E-state index in [2.05, 4.69) is 25.7 Å². The molecule has 11 nitrogen and oxygen atoms in total. The second-order valence-electron chi connectivity index (χ2n) is 10.4. The Bertz CT molecular complexity index is 1760. The van der Waals surface area contributed by atoms with E-state index in [0.717, 1.165) is 11.1 Å². The number of carbonyl (C=O) groups is 1. The Morgan fingerprint density at radius 2 is 1.91 bits per heavy atom. The van der Waals surface area contributed by atoms with Crippen molar-refractivity contribution < 1.29 is 31.6 Å². The first-order chi connectivity index (χ1) is 21.0. The molecule has 2 aromatic heterocycles. The molecule has 8 rings (SSSR count). The second-order valence-corrected chi connectivity index (χ2v) is 12.5. The lowest BCUT2D eigenvalue weighted by atomic mass is 9.97. The van der Waals surface area contributed by atoms with Crippen molar-refractivity contribution in [1.82, 2.24) is 24.6 Å². The number of rotatable bonds is 2. The Labute approximate surface area is 250 Å². The number of nitrogens with one attached hydrogen (secondary N) is 2. The number of aromatic nitrogens is 4. The molecule has 4 aliphatic heterocycles. The van der Waals surface area contributed by atoms with Gasteiger partial charge in [0.05, 0.1) is 36.8 Å². The van der Waals surface area contributed by atoms with Gasteiger partial charge in [0, 0.05) is 43.8 Å². The van der Waals surface area contributed by atoms with Gasteiger partial charge in [0.15, 0.2) is 0 Å². The third kappa shape index (κ3) is 6.05. The summed E-state index contributed by atoms with van der Waals surface area (Å²) in [6.45, 7) is 2.88. The molecule has 15 heteroatoms. The van der Waals surface area contributed by atoms with E-state index < -0.39 is 25.2 Å². The van der Waals surface area contributed by atoms with Crippen LogP contribution in [0.1, 0.15) is 40.4 Å². The highest BCUT2D eigenvalue weighted by molar-refractivity contribution is 7.53. The Morgan fingerprint density at radius 1 is 1.11 bits per heavy atom. The van der Waals surface area contributed by atoms with Crippen LogP contribution in [0.2, 0.25) is 0 Å². The minimum absolute atomic E-state index is 0.0474. The zero-order valence-electron chi connectivity index (χ0n) is 23.9. The molecule has 0 spiro atoms. The summed E-state index contributed by atoms with van der Waals surface area (Å²) in [5.74, 6) is -0.931. The highest BCUT2D eigenvalue weighted by Gasteiger charge is 2.37. The Balaban J connectivity index is 1.45. The fourth-order valence-corrected chi connectivity index (χ4v) is 6.95. The van der Waals surface area contributed by atoms with Gasteiger partial charge in [0.2, 0.25) is 5.95 Å². The van der Waals surface area contributed by atoms with Gasteiger partial charge in [-0.15, -0.1) is 0 Å². The summed E-state index contributed by atoms with van der Waals surface area (Å²) in [5.41, 5.74) is 2.69. The molecule has 2 aromatic carbocycles. The van der Waals surface area contributed by atoms with Crippen LogP contribution >= 0.6 is 7.60 Å². The SMILES string of the molecule is CCO[P@]1(=O)Cc2ccc(cc2)Nc2ncc(C(F)(F)F)c(n2)Nc2ccc(c3c2C(=O)N(C)C3)-c2cnn(c2)CCCO1. The number of amides is 1. The monoisotopic (exact) mass is 627 g/mol. The first-order valence-electron chi connectivity index (χ1n) is 13.9. The number of anilines is 4. The van der Waals surface area contributed by atoms with Gasteiger partial charge < -0.3 is 24.6 Å². The molecule has 1 amide bonds. The van der Waals surface area contributed by atoms with Crippen LogP contribution in [-0.2, 0) is 39.0 Å². The molecule has 1 atom stereocenters. The molecule has 0 unspecified atom stereocenters. The number of fused-ring (bicyclic) bond motifs is 1. The Hall–Kier alpha value is -4.26. The lowest BCUT2D eigenvalue weighted by Gasteiger charge is -2.18. The van der Waals surface area contributed by atoms with Crippen molar-refractivity contribution in [3.8, 4) is 11.1 Å². The molecule has 0 radical (unpaired) electrons. The summed E-state index contributed by atoms with van der Waals surface area (Å²) in [4.78, 5) is 22.8. The van der Waals surface area contributed by atoms with Gasteiger partial charge >= 0.3 is 13.8 Å². The normalized spacial score (nSPS) is 18.8. The molecular formula is C29H29F3N7O4P. The van der Waals surface area contributed by atoms with Gasteiger partial charge in [-0.25, -0.2) is 4.98 Å². The molecule has 6 heterocycles. The highest BCUT2D eigenvalue weighted by Crippen LogP contribution is 2.51. The predicted molar refractivity (Wildman–Crippen MR) is 157 cm³/mol. The van der Waals surface area contributed by atoms with Crippen LogP contribution in [0, 0.1) is 0 Å². The molecule has 0 aliphatic carbocycles. The zero-order chi connectivity index (χ0) is 31.1. The molecule has 0 fully saturated rings. The molecule has 8 bridgehead atoms. The fraction of sp³-hybridized carbons (Fsp3) is 0.310. The second kappa shape index (κ2) is 11.7. The number of benzene rings is 2. The lowest BCUT2D eigenvalue weighted by Crippen LogP contribution is -2.18. The van der Waals surface area contributed by atoms with Crippen molar-refractivity contribution in [3.63, 3.8) is 0 Å². The van der Waals surface area contributed by atoms with Crippen LogP contribution < -0.4 is 10.6 Å².